The monoisotopic (exact) mass is 189 g/mol. The molecule has 1 aliphatic rings. The average molecular weight is 189 g/mol. The minimum atomic E-state index is -4.88. The summed E-state index contributed by atoms with van der Waals surface area (Å²) in [4.78, 5) is 0. The SMILES string of the molecule is F[B-](F)(F)c1cnn(CC2CC2)c1. The quantitative estimate of drug-likeness (QED) is 0.656. The van der Waals surface area contributed by atoms with Gasteiger partial charge in [0.25, 0.3) is 0 Å². The lowest BCUT2D eigenvalue weighted by Crippen LogP contribution is -2.32. The molecule has 0 aromatic carbocycles. The van der Waals surface area contributed by atoms with E-state index >= 15 is 0 Å². The minimum absolute atomic E-state index is 0.550. The highest BCUT2D eigenvalue weighted by molar-refractivity contribution is 6.73. The summed E-state index contributed by atoms with van der Waals surface area (Å²) in [6, 6.07) is 0. The standard InChI is InChI=1S/C7H9BF3N2/c9-8(10,11)7-3-12-13(5-7)4-6-1-2-6/h3,5-6H,1-2,4H2/q-1. The number of nitrogens with zero attached hydrogens (tertiary/aromatic N) is 2. The molecule has 0 radical (unpaired) electrons. The highest BCUT2D eigenvalue weighted by Crippen LogP contribution is 2.30. The summed E-state index contributed by atoms with van der Waals surface area (Å²) in [6.07, 6.45) is 4.24. The van der Waals surface area contributed by atoms with Crippen LogP contribution in [0.3, 0.4) is 0 Å². The molecule has 1 aliphatic carbocycles. The van der Waals surface area contributed by atoms with Crippen LogP contribution in [0, 0.1) is 5.92 Å². The molecule has 2 rings (SSSR count). The van der Waals surface area contributed by atoms with Gasteiger partial charge in [-0.25, -0.2) is 0 Å². The molecule has 0 atom stereocenters. The van der Waals surface area contributed by atoms with Gasteiger partial charge in [0.05, 0.1) is 0 Å². The van der Waals surface area contributed by atoms with Crippen LogP contribution in [0.4, 0.5) is 12.9 Å². The Balaban J connectivity index is 2.08. The molecule has 0 spiro atoms. The molecule has 72 valence electrons. The van der Waals surface area contributed by atoms with Crippen molar-refractivity contribution in [3.05, 3.63) is 12.4 Å². The molecule has 1 heterocycles. The number of hydrogen-bond donors (Lipinski definition) is 0. The second-order valence-corrected chi connectivity index (χ2v) is 3.51. The van der Waals surface area contributed by atoms with Crippen LogP contribution in [0.2, 0.25) is 0 Å². The maximum Gasteiger partial charge on any atom is 0.512 e. The Labute approximate surface area is 73.8 Å². The molecule has 1 fully saturated rings. The highest BCUT2D eigenvalue weighted by Gasteiger charge is 2.28. The zero-order valence-corrected chi connectivity index (χ0v) is 6.96. The van der Waals surface area contributed by atoms with Gasteiger partial charge in [0, 0.05) is 12.7 Å². The fraction of sp³-hybridized carbons (Fsp3) is 0.571. The number of halogens is 3. The van der Waals surface area contributed by atoms with Crippen molar-refractivity contribution in [1.82, 2.24) is 9.78 Å². The van der Waals surface area contributed by atoms with Gasteiger partial charge in [0.2, 0.25) is 0 Å². The molecule has 1 aromatic heterocycles. The predicted octanol–water partition coefficient (Wildman–Crippen LogP) is 1.35. The van der Waals surface area contributed by atoms with E-state index in [0.29, 0.717) is 12.5 Å². The van der Waals surface area contributed by atoms with Crippen LogP contribution in [0.25, 0.3) is 0 Å². The highest BCUT2D eigenvalue weighted by atomic mass is 19.4. The van der Waals surface area contributed by atoms with E-state index in [9.17, 15) is 12.9 Å². The molecular formula is C7H9BF3N2-. The van der Waals surface area contributed by atoms with Gasteiger partial charge >= 0.3 is 6.98 Å². The topological polar surface area (TPSA) is 17.8 Å². The van der Waals surface area contributed by atoms with Crippen molar-refractivity contribution in [2.45, 2.75) is 19.4 Å². The molecule has 0 amide bonds. The third-order valence-electron chi connectivity index (χ3n) is 2.17. The molecule has 1 saturated carbocycles. The van der Waals surface area contributed by atoms with E-state index in [1.54, 1.807) is 0 Å². The zero-order chi connectivity index (χ0) is 9.47. The van der Waals surface area contributed by atoms with E-state index in [-0.39, 0.29) is 0 Å². The Bertz CT molecular complexity index is 303. The van der Waals surface area contributed by atoms with Gasteiger partial charge in [0.1, 0.15) is 0 Å². The van der Waals surface area contributed by atoms with Crippen molar-refractivity contribution >= 4 is 12.4 Å². The van der Waals surface area contributed by atoms with Gasteiger partial charge in [-0.3, -0.25) is 4.68 Å². The summed E-state index contributed by atoms with van der Waals surface area (Å²) in [5.74, 6) is 0.550. The summed E-state index contributed by atoms with van der Waals surface area (Å²) in [6.45, 7) is -4.24. The molecular weight excluding hydrogens is 180 g/mol. The molecule has 0 aliphatic heterocycles. The lowest BCUT2D eigenvalue weighted by molar-refractivity contribution is 0.500. The summed E-state index contributed by atoms with van der Waals surface area (Å²) in [7, 11) is 0. The number of aromatic nitrogens is 2. The fourth-order valence-corrected chi connectivity index (χ4v) is 1.21. The first-order valence-corrected chi connectivity index (χ1v) is 4.28. The van der Waals surface area contributed by atoms with E-state index in [1.165, 1.54) is 4.68 Å². The summed E-state index contributed by atoms with van der Waals surface area (Å²) in [5.41, 5.74) is -0.597. The lowest BCUT2D eigenvalue weighted by Gasteiger charge is -2.09. The van der Waals surface area contributed by atoms with Crippen LogP contribution < -0.4 is 5.46 Å². The molecule has 13 heavy (non-hydrogen) atoms. The smallest absolute Gasteiger partial charge is 0.445 e. The molecule has 1 aromatic rings. The summed E-state index contributed by atoms with van der Waals surface area (Å²) >= 11 is 0. The minimum Gasteiger partial charge on any atom is -0.445 e. The van der Waals surface area contributed by atoms with Gasteiger partial charge in [-0.2, -0.15) is 5.10 Å². The van der Waals surface area contributed by atoms with Crippen LogP contribution in [0.15, 0.2) is 12.4 Å². The Morgan fingerprint density at radius 3 is 2.62 bits per heavy atom. The maximum absolute atomic E-state index is 12.2. The first-order valence-electron chi connectivity index (χ1n) is 4.28. The fourth-order valence-electron chi connectivity index (χ4n) is 1.21. The molecule has 0 N–H and O–H groups in total. The van der Waals surface area contributed by atoms with Crippen molar-refractivity contribution in [1.29, 1.82) is 0 Å². The molecule has 0 unspecified atom stereocenters. The van der Waals surface area contributed by atoms with Gasteiger partial charge in [-0.05, 0) is 25.0 Å². The second kappa shape index (κ2) is 2.78. The van der Waals surface area contributed by atoms with Crippen molar-refractivity contribution in [3.8, 4) is 0 Å². The number of hydrogen-bond acceptors (Lipinski definition) is 1. The van der Waals surface area contributed by atoms with E-state index in [0.717, 1.165) is 25.2 Å². The van der Waals surface area contributed by atoms with E-state index < -0.39 is 12.4 Å². The first kappa shape index (κ1) is 8.65. The molecule has 2 nitrogen and oxygen atoms in total. The normalized spacial score (nSPS) is 17.8. The van der Waals surface area contributed by atoms with Crippen LogP contribution >= 0.6 is 0 Å². The van der Waals surface area contributed by atoms with E-state index in [2.05, 4.69) is 5.10 Å². The zero-order valence-electron chi connectivity index (χ0n) is 6.96. The Morgan fingerprint density at radius 1 is 1.46 bits per heavy atom. The van der Waals surface area contributed by atoms with Gasteiger partial charge < -0.3 is 12.9 Å². The Hall–Kier alpha value is -0.935. The molecule has 0 saturated heterocycles. The van der Waals surface area contributed by atoms with Crippen molar-refractivity contribution in [3.63, 3.8) is 0 Å². The largest absolute Gasteiger partial charge is 0.512 e. The van der Waals surface area contributed by atoms with Crippen molar-refractivity contribution in [2.24, 2.45) is 5.92 Å². The van der Waals surface area contributed by atoms with Crippen molar-refractivity contribution < 1.29 is 12.9 Å². The van der Waals surface area contributed by atoms with Crippen LogP contribution in [-0.4, -0.2) is 16.8 Å². The van der Waals surface area contributed by atoms with Crippen LogP contribution in [-0.2, 0) is 6.54 Å². The summed E-state index contributed by atoms with van der Waals surface area (Å²) < 4.78 is 37.9. The van der Waals surface area contributed by atoms with Gasteiger partial charge in [-0.1, -0.05) is 5.46 Å². The van der Waals surface area contributed by atoms with Gasteiger partial charge in [0.15, 0.2) is 0 Å². The van der Waals surface area contributed by atoms with Crippen LogP contribution in [0.1, 0.15) is 12.8 Å². The third kappa shape index (κ3) is 2.05. The predicted molar refractivity (Wildman–Crippen MR) is 43.7 cm³/mol. The second-order valence-electron chi connectivity index (χ2n) is 3.51. The molecule has 6 heteroatoms. The summed E-state index contributed by atoms with van der Waals surface area (Å²) in [5, 5.41) is 3.68. The molecule has 0 bridgehead atoms. The van der Waals surface area contributed by atoms with E-state index in [4.69, 9.17) is 0 Å². The Kier molecular flexibility index (Phi) is 1.85. The van der Waals surface area contributed by atoms with Crippen molar-refractivity contribution in [2.75, 3.05) is 0 Å². The first-order chi connectivity index (χ1) is 6.05. The van der Waals surface area contributed by atoms with Gasteiger partial charge in [-0.15, -0.1) is 0 Å². The third-order valence-corrected chi connectivity index (χ3v) is 2.17. The number of rotatable bonds is 3. The maximum atomic E-state index is 12.2. The van der Waals surface area contributed by atoms with E-state index in [1.807, 2.05) is 0 Å². The van der Waals surface area contributed by atoms with Crippen LogP contribution in [0.5, 0.6) is 0 Å². The Morgan fingerprint density at radius 2 is 2.15 bits per heavy atom. The average Bonchev–Trinajstić information content (AvgIpc) is 2.63. The lowest BCUT2D eigenvalue weighted by atomic mass is 9.83.